The maximum atomic E-state index is 13.9. The maximum Gasteiger partial charge on any atom is 0.354 e. The number of guanidine groups is 1. The molecule has 3 aromatic carbocycles. The third-order valence-corrected chi connectivity index (χ3v) is 13.5. The first-order valence-corrected chi connectivity index (χ1v) is 23.6. The van der Waals surface area contributed by atoms with Crippen molar-refractivity contribution in [1.82, 2.24) is 34.4 Å². The molecule has 0 spiro atoms. The summed E-state index contributed by atoms with van der Waals surface area (Å²) in [7, 11) is -3.63. The van der Waals surface area contributed by atoms with Gasteiger partial charge in [0.05, 0.1) is 23.3 Å². The molecule has 4 heterocycles. The summed E-state index contributed by atoms with van der Waals surface area (Å²) in [6, 6.07) is 27.8. The fourth-order valence-electron chi connectivity index (χ4n) is 7.88. The van der Waals surface area contributed by atoms with Crippen molar-refractivity contribution in [2.45, 2.75) is 102 Å². The Balaban J connectivity index is 0.000000213. The lowest BCUT2D eigenvalue weighted by Gasteiger charge is -2.39. The number of benzene rings is 3. The Hall–Kier alpha value is -4.90. The number of piperidine rings is 1. The smallest absolute Gasteiger partial charge is 0.354 e. The first kappa shape index (κ1) is 47.6. The molecular weight excluding hydrogens is 813 g/mol. The van der Waals surface area contributed by atoms with E-state index in [2.05, 4.69) is 102 Å². The van der Waals surface area contributed by atoms with Gasteiger partial charge in [-0.2, -0.15) is 9.29 Å². The molecule has 0 aliphatic carbocycles. The zero-order valence-electron chi connectivity index (χ0n) is 37.9. The third-order valence-electron chi connectivity index (χ3n) is 11.6. The Labute approximate surface area is 373 Å². The Bertz CT molecular complexity index is 2410. The number of aliphatic imine (C=N–C) groups is 1. The van der Waals surface area contributed by atoms with Crippen molar-refractivity contribution < 1.29 is 13.2 Å². The number of H-pyrrole nitrogens is 1. The van der Waals surface area contributed by atoms with Gasteiger partial charge >= 0.3 is 5.69 Å². The van der Waals surface area contributed by atoms with Crippen LogP contribution in [0.1, 0.15) is 83.2 Å². The van der Waals surface area contributed by atoms with Crippen LogP contribution in [-0.4, -0.2) is 103 Å². The van der Waals surface area contributed by atoms with Gasteiger partial charge in [0.1, 0.15) is 5.65 Å². The Kier molecular flexibility index (Phi) is 16.0. The highest BCUT2D eigenvalue weighted by Gasteiger charge is 2.36. The fourth-order valence-corrected chi connectivity index (χ4v) is 9.60. The van der Waals surface area contributed by atoms with Crippen LogP contribution in [0.5, 0.6) is 0 Å². The zero-order chi connectivity index (χ0) is 45.2. The van der Waals surface area contributed by atoms with Crippen LogP contribution in [-0.2, 0) is 38.7 Å². The number of nitrogens with two attached hydrogens (primary N) is 2. The summed E-state index contributed by atoms with van der Waals surface area (Å²) in [5, 5.41) is 7.63. The SMILES string of the molecule is CC(C)(C)c1cc2cn(-c3ccc(CNCCCN=C(N)N)cc3)c(=O)nc2[nH]1.CC(C)(C)c1ccc(S(=O)(=O)N(CC2CN(Cc3ccccc3)CCO2)C2CCNCC2)cc1. The number of aromatic nitrogens is 3. The molecule has 2 aliphatic heterocycles. The highest BCUT2D eigenvalue weighted by Crippen LogP contribution is 2.28. The first-order chi connectivity index (χ1) is 30.0. The maximum absolute atomic E-state index is 13.9. The summed E-state index contributed by atoms with van der Waals surface area (Å²) in [5.41, 5.74) is 16.2. The van der Waals surface area contributed by atoms with Crippen LogP contribution in [0.15, 0.2) is 106 Å². The van der Waals surface area contributed by atoms with Crippen molar-refractivity contribution in [2.75, 3.05) is 52.4 Å². The monoisotopic (exact) mass is 881 g/mol. The summed E-state index contributed by atoms with van der Waals surface area (Å²) in [5.74, 6) is 0.123. The topological polar surface area (TPSA) is 189 Å². The molecule has 63 heavy (non-hydrogen) atoms. The quantitative estimate of drug-likeness (QED) is 0.0550. The van der Waals surface area contributed by atoms with E-state index in [0.717, 1.165) is 93.0 Å². The highest BCUT2D eigenvalue weighted by molar-refractivity contribution is 7.89. The van der Waals surface area contributed by atoms with E-state index < -0.39 is 10.0 Å². The Morgan fingerprint density at radius 1 is 0.937 bits per heavy atom. The largest absolute Gasteiger partial charge is 0.374 e. The van der Waals surface area contributed by atoms with Gasteiger partial charge in [-0.15, -0.1) is 0 Å². The molecule has 14 nitrogen and oxygen atoms in total. The van der Waals surface area contributed by atoms with Gasteiger partial charge in [0.25, 0.3) is 0 Å². The predicted octanol–water partition coefficient (Wildman–Crippen LogP) is 5.39. The lowest BCUT2D eigenvalue weighted by atomic mass is 9.87. The molecule has 340 valence electrons. The van der Waals surface area contributed by atoms with Crippen molar-refractivity contribution in [1.29, 1.82) is 0 Å². The van der Waals surface area contributed by atoms with Crippen molar-refractivity contribution in [3.05, 3.63) is 124 Å². The van der Waals surface area contributed by atoms with Gasteiger partial charge < -0.3 is 31.8 Å². The van der Waals surface area contributed by atoms with Gasteiger partial charge in [-0.25, -0.2) is 13.2 Å². The second-order valence-electron chi connectivity index (χ2n) is 18.7. The average Bonchev–Trinajstić information content (AvgIpc) is 3.69. The van der Waals surface area contributed by atoms with E-state index in [1.54, 1.807) is 21.0 Å². The highest BCUT2D eigenvalue weighted by atomic mass is 32.2. The number of nitrogens with one attached hydrogen (secondary N) is 3. The van der Waals surface area contributed by atoms with Crippen LogP contribution in [0.3, 0.4) is 0 Å². The van der Waals surface area contributed by atoms with Gasteiger partial charge in [-0.3, -0.25) is 14.5 Å². The van der Waals surface area contributed by atoms with Gasteiger partial charge in [0.2, 0.25) is 10.0 Å². The van der Waals surface area contributed by atoms with Crippen LogP contribution in [0.4, 0.5) is 0 Å². The average molecular weight is 881 g/mol. The molecule has 0 amide bonds. The molecule has 5 aromatic rings. The number of nitrogens with zero attached hydrogens (tertiary/aromatic N) is 5. The normalized spacial score (nSPS) is 16.8. The number of ether oxygens (including phenoxy) is 1. The minimum absolute atomic E-state index is 0.0124. The number of hydrogen-bond donors (Lipinski definition) is 5. The molecule has 0 saturated carbocycles. The summed E-state index contributed by atoms with van der Waals surface area (Å²) < 4.78 is 37.2. The van der Waals surface area contributed by atoms with E-state index in [9.17, 15) is 13.2 Å². The van der Waals surface area contributed by atoms with Crippen molar-refractivity contribution in [3.63, 3.8) is 0 Å². The van der Waals surface area contributed by atoms with E-state index in [4.69, 9.17) is 16.2 Å². The minimum Gasteiger partial charge on any atom is -0.374 e. The minimum atomic E-state index is -3.63. The number of rotatable bonds is 14. The van der Waals surface area contributed by atoms with Crippen molar-refractivity contribution in [3.8, 4) is 5.69 Å². The van der Waals surface area contributed by atoms with Crippen LogP contribution in [0, 0.1) is 0 Å². The number of fused-ring (bicyclic) bond motifs is 1. The van der Waals surface area contributed by atoms with Crippen LogP contribution in [0.2, 0.25) is 0 Å². The second-order valence-corrected chi connectivity index (χ2v) is 20.6. The molecule has 15 heteroatoms. The third kappa shape index (κ3) is 13.3. The Morgan fingerprint density at radius 2 is 1.63 bits per heavy atom. The van der Waals surface area contributed by atoms with E-state index in [0.29, 0.717) is 30.2 Å². The number of sulfonamides is 1. The number of hydrogen-bond acceptors (Lipinski definition) is 9. The van der Waals surface area contributed by atoms with Gasteiger partial charge in [0.15, 0.2) is 5.96 Å². The summed E-state index contributed by atoms with van der Waals surface area (Å²) >= 11 is 0. The van der Waals surface area contributed by atoms with E-state index >= 15 is 0 Å². The van der Waals surface area contributed by atoms with Gasteiger partial charge in [0, 0.05) is 68.0 Å². The molecule has 0 radical (unpaired) electrons. The lowest BCUT2D eigenvalue weighted by Crippen LogP contribution is -2.53. The molecule has 7 N–H and O–H groups in total. The van der Waals surface area contributed by atoms with E-state index in [1.165, 1.54) is 5.56 Å². The molecule has 2 fully saturated rings. The first-order valence-electron chi connectivity index (χ1n) is 22.2. The summed E-state index contributed by atoms with van der Waals surface area (Å²) in [6.07, 6.45) is 4.20. The molecule has 0 bridgehead atoms. The molecule has 7 rings (SSSR count). The second kappa shape index (κ2) is 21.2. The molecule has 1 unspecified atom stereocenters. The van der Waals surface area contributed by atoms with Crippen molar-refractivity contribution in [2.24, 2.45) is 16.5 Å². The fraction of sp³-hybridized carbons (Fsp3) is 0.479. The van der Waals surface area contributed by atoms with Crippen molar-refractivity contribution >= 4 is 27.0 Å². The zero-order valence-corrected chi connectivity index (χ0v) is 38.8. The molecular formula is C48H68N10O4S. The predicted molar refractivity (Wildman–Crippen MR) is 254 cm³/mol. The lowest BCUT2D eigenvalue weighted by molar-refractivity contribution is -0.0413. The number of aromatic amines is 1. The molecule has 2 saturated heterocycles. The standard InChI is InChI=1S/C27H39N3O3S.C21H29N7O/c1-27(2,3)23-9-11-26(12-10-23)34(31,32)30(24-13-15-28-16-14-24)21-25-20-29(17-18-33-25)19-22-7-5-4-6-8-22;1-21(2,3)17-11-15-13-28(20(29)27-18(15)26-17)16-7-5-14(6-8-16)12-24-9-4-10-25-19(22)23/h4-12,24-25,28H,13-21H2,1-3H3;5-8,11,13,24H,4,9-10,12H2,1-3H3,(H4,22,23,25)(H,26,27,29). The van der Waals surface area contributed by atoms with Gasteiger partial charge in [-0.1, -0.05) is 96.1 Å². The van der Waals surface area contributed by atoms with Crippen LogP contribution >= 0.6 is 0 Å². The molecule has 1 atom stereocenters. The Morgan fingerprint density at radius 3 is 2.29 bits per heavy atom. The van der Waals surface area contributed by atoms with Crippen LogP contribution in [0.25, 0.3) is 16.7 Å². The van der Waals surface area contributed by atoms with E-state index in [-0.39, 0.29) is 34.6 Å². The summed E-state index contributed by atoms with van der Waals surface area (Å²) in [6.45, 7) is 20.1. The number of morpholine rings is 1. The van der Waals surface area contributed by atoms with Gasteiger partial charge in [-0.05, 0) is 91.3 Å². The van der Waals surface area contributed by atoms with Crippen LogP contribution < -0.4 is 27.8 Å². The molecule has 2 aliphatic rings. The molecule has 2 aromatic heterocycles. The summed E-state index contributed by atoms with van der Waals surface area (Å²) in [4.78, 5) is 26.6. The van der Waals surface area contributed by atoms with E-state index in [1.807, 2.05) is 48.7 Å².